The Morgan fingerprint density at radius 1 is 1.41 bits per heavy atom. The summed E-state index contributed by atoms with van der Waals surface area (Å²) in [7, 11) is 0. The van der Waals surface area contributed by atoms with Crippen molar-refractivity contribution in [2.24, 2.45) is 0 Å². The maximum atomic E-state index is 12.5. The highest BCUT2D eigenvalue weighted by molar-refractivity contribution is 6.00. The molecule has 6 nitrogen and oxygen atoms in total. The number of aromatic nitrogens is 1. The summed E-state index contributed by atoms with van der Waals surface area (Å²) < 4.78 is 0. The highest BCUT2D eigenvalue weighted by atomic mass is 16.4. The maximum absolute atomic E-state index is 12.5. The van der Waals surface area contributed by atoms with Crippen LogP contribution in [0.5, 0.6) is 0 Å². The predicted octanol–water partition coefficient (Wildman–Crippen LogP) is 2.05. The molecule has 1 amide bonds. The minimum atomic E-state index is -0.992. The molecule has 22 heavy (non-hydrogen) atoms. The number of rotatable bonds is 7. The zero-order valence-corrected chi connectivity index (χ0v) is 12.9. The first-order chi connectivity index (χ1) is 10.6. The number of hydrogen-bond donors (Lipinski definition) is 2. The third-order valence-corrected chi connectivity index (χ3v) is 3.89. The van der Waals surface area contributed by atoms with Crippen LogP contribution in [0.1, 0.15) is 49.4 Å². The number of carbonyl (C=O) groups is 2. The lowest BCUT2D eigenvalue weighted by Crippen LogP contribution is -2.41. The molecule has 2 N–H and O–H groups in total. The van der Waals surface area contributed by atoms with Crippen molar-refractivity contribution in [3.8, 4) is 0 Å². The molecular formula is C16H23N3O3. The Labute approximate surface area is 130 Å². The molecule has 0 bridgehead atoms. The summed E-state index contributed by atoms with van der Waals surface area (Å²) in [5, 5.41) is 11.9. The zero-order valence-electron chi connectivity index (χ0n) is 12.9. The Hall–Kier alpha value is -2.11. The number of carboxylic acids is 1. The molecule has 1 aromatic rings. The van der Waals surface area contributed by atoms with Gasteiger partial charge in [0.15, 0.2) is 0 Å². The largest absolute Gasteiger partial charge is 0.480 e. The third-order valence-electron chi connectivity index (χ3n) is 3.89. The molecule has 1 aromatic heterocycles. The number of aliphatic carboxylic acids is 1. The quantitative estimate of drug-likeness (QED) is 0.805. The molecule has 120 valence electrons. The van der Waals surface area contributed by atoms with Gasteiger partial charge in [0.25, 0.3) is 5.91 Å². The summed E-state index contributed by atoms with van der Waals surface area (Å²) in [6.07, 6.45) is 5.94. The van der Waals surface area contributed by atoms with Crippen molar-refractivity contribution in [3.05, 3.63) is 23.9 Å². The molecule has 0 saturated carbocycles. The molecule has 6 heteroatoms. The lowest BCUT2D eigenvalue weighted by atomic mass is 10.1. The van der Waals surface area contributed by atoms with Crippen molar-refractivity contribution in [2.75, 3.05) is 18.0 Å². The van der Waals surface area contributed by atoms with Crippen molar-refractivity contribution in [3.63, 3.8) is 0 Å². The van der Waals surface area contributed by atoms with Gasteiger partial charge >= 0.3 is 5.97 Å². The first-order valence-corrected chi connectivity index (χ1v) is 7.87. The molecule has 1 aliphatic rings. The van der Waals surface area contributed by atoms with Gasteiger partial charge in [-0.05, 0) is 31.4 Å². The third kappa shape index (κ3) is 3.96. The second-order valence-electron chi connectivity index (χ2n) is 5.58. The molecule has 1 atom stereocenters. The van der Waals surface area contributed by atoms with Gasteiger partial charge in [-0.2, -0.15) is 0 Å². The molecule has 0 aliphatic carbocycles. The van der Waals surface area contributed by atoms with Gasteiger partial charge < -0.3 is 15.3 Å². The van der Waals surface area contributed by atoms with Crippen LogP contribution in [0.2, 0.25) is 0 Å². The van der Waals surface area contributed by atoms with E-state index in [0.717, 1.165) is 38.8 Å². The lowest BCUT2D eigenvalue weighted by Gasteiger charge is -2.20. The molecule has 0 radical (unpaired) electrons. The summed E-state index contributed by atoms with van der Waals surface area (Å²) in [5.41, 5.74) is 0.451. The number of nitrogens with one attached hydrogen (secondary N) is 1. The molecule has 1 fully saturated rings. The SMILES string of the molecule is CCCC[C@H](NC(=O)c1cccnc1N1CCCC1)C(=O)O. The summed E-state index contributed by atoms with van der Waals surface area (Å²) in [5.74, 6) is -0.705. The van der Waals surface area contributed by atoms with E-state index in [1.54, 1.807) is 18.3 Å². The average molecular weight is 305 g/mol. The van der Waals surface area contributed by atoms with Gasteiger partial charge in [0.05, 0.1) is 5.56 Å². The van der Waals surface area contributed by atoms with E-state index in [9.17, 15) is 14.7 Å². The van der Waals surface area contributed by atoms with E-state index < -0.39 is 12.0 Å². The summed E-state index contributed by atoms with van der Waals surface area (Å²) in [6, 6.07) is 2.56. The fourth-order valence-corrected chi connectivity index (χ4v) is 2.66. The highest BCUT2D eigenvalue weighted by Crippen LogP contribution is 2.22. The zero-order chi connectivity index (χ0) is 15.9. The maximum Gasteiger partial charge on any atom is 0.326 e. The topological polar surface area (TPSA) is 82.5 Å². The van der Waals surface area contributed by atoms with Crippen LogP contribution in [-0.2, 0) is 4.79 Å². The van der Waals surface area contributed by atoms with Crippen molar-refractivity contribution in [1.82, 2.24) is 10.3 Å². The van der Waals surface area contributed by atoms with Crippen molar-refractivity contribution < 1.29 is 14.7 Å². The monoisotopic (exact) mass is 305 g/mol. The van der Waals surface area contributed by atoms with Crippen LogP contribution >= 0.6 is 0 Å². The van der Waals surface area contributed by atoms with Crippen molar-refractivity contribution in [2.45, 2.75) is 45.1 Å². The van der Waals surface area contributed by atoms with E-state index in [4.69, 9.17) is 0 Å². The van der Waals surface area contributed by atoms with E-state index >= 15 is 0 Å². The molecule has 2 heterocycles. The normalized spacial score (nSPS) is 15.6. The number of nitrogens with zero attached hydrogens (tertiary/aromatic N) is 2. The second kappa shape index (κ2) is 7.77. The lowest BCUT2D eigenvalue weighted by molar-refractivity contribution is -0.139. The van der Waals surface area contributed by atoms with Crippen LogP contribution in [0.15, 0.2) is 18.3 Å². The van der Waals surface area contributed by atoms with E-state index in [2.05, 4.69) is 15.2 Å². The van der Waals surface area contributed by atoms with Gasteiger partial charge in [-0.3, -0.25) is 4.79 Å². The number of carbonyl (C=O) groups excluding carboxylic acids is 1. The fraction of sp³-hybridized carbons (Fsp3) is 0.562. The van der Waals surface area contributed by atoms with Crippen LogP contribution in [0.4, 0.5) is 5.82 Å². The molecular weight excluding hydrogens is 282 g/mol. The summed E-state index contributed by atoms with van der Waals surface area (Å²) in [6.45, 7) is 3.76. The second-order valence-corrected chi connectivity index (χ2v) is 5.58. The molecule has 1 saturated heterocycles. The van der Waals surface area contributed by atoms with Gasteiger partial charge in [-0.1, -0.05) is 19.8 Å². The smallest absolute Gasteiger partial charge is 0.326 e. The average Bonchev–Trinajstić information content (AvgIpc) is 3.05. The number of unbranched alkanes of at least 4 members (excludes halogenated alkanes) is 1. The number of pyridine rings is 1. The number of amides is 1. The Balaban J connectivity index is 2.12. The van der Waals surface area contributed by atoms with E-state index in [1.807, 2.05) is 6.92 Å². The summed E-state index contributed by atoms with van der Waals surface area (Å²) >= 11 is 0. The highest BCUT2D eigenvalue weighted by Gasteiger charge is 2.24. The first-order valence-electron chi connectivity index (χ1n) is 7.87. The Morgan fingerprint density at radius 2 is 2.14 bits per heavy atom. The van der Waals surface area contributed by atoms with Gasteiger partial charge in [-0.25, -0.2) is 9.78 Å². The van der Waals surface area contributed by atoms with Crippen molar-refractivity contribution >= 4 is 17.7 Å². The van der Waals surface area contributed by atoms with Crippen LogP contribution < -0.4 is 10.2 Å². The van der Waals surface area contributed by atoms with Crippen LogP contribution in [0, 0.1) is 0 Å². The van der Waals surface area contributed by atoms with E-state index in [0.29, 0.717) is 17.8 Å². The molecule has 0 aromatic carbocycles. The minimum Gasteiger partial charge on any atom is -0.480 e. The molecule has 1 aliphatic heterocycles. The van der Waals surface area contributed by atoms with Crippen LogP contribution in [-0.4, -0.2) is 41.1 Å². The van der Waals surface area contributed by atoms with Gasteiger partial charge in [0.1, 0.15) is 11.9 Å². The summed E-state index contributed by atoms with van der Waals surface area (Å²) in [4.78, 5) is 30.1. The fourth-order valence-electron chi connectivity index (χ4n) is 2.66. The Bertz CT molecular complexity index is 527. The van der Waals surface area contributed by atoms with Crippen LogP contribution in [0.3, 0.4) is 0 Å². The number of hydrogen-bond acceptors (Lipinski definition) is 4. The predicted molar refractivity (Wildman–Crippen MR) is 84.1 cm³/mol. The molecule has 2 rings (SSSR count). The van der Waals surface area contributed by atoms with Crippen LogP contribution in [0.25, 0.3) is 0 Å². The van der Waals surface area contributed by atoms with Gasteiger partial charge in [0, 0.05) is 19.3 Å². The Kier molecular flexibility index (Phi) is 5.75. The van der Waals surface area contributed by atoms with Gasteiger partial charge in [-0.15, -0.1) is 0 Å². The number of anilines is 1. The van der Waals surface area contributed by atoms with Gasteiger partial charge in [0.2, 0.25) is 0 Å². The van der Waals surface area contributed by atoms with E-state index in [1.165, 1.54) is 0 Å². The van der Waals surface area contributed by atoms with Crippen molar-refractivity contribution in [1.29, 1.82) is 0 Å². The molecule has 0 spiro atoms. The molecule has 0 unspecified atom stereocenters. The first kappa shape index (κ1) is 16.3. The Morgan fingerprint density at radius 3 is 2.77 bits per heavy atom. The van der Waals surface area contributed by atoms with E-state index in [-0.39, 0.29) is 5.91 Å². The minimum absolute atomic E-state index is 0.362. The number of carboxylic acid groups (broad SMARTS) is 1. The standard InChI is InChI=1S/C16H23N3O3/c1-2-3-8-13(16(21)22)18-15(20)12-7-6-9-17-14(12)19-10-4-5-11-19/h6-7,9,13H,2-5,8,10-11H2,1H3,(H,18,20)(H,21,22)/t13-/m0/s1.